The number of nitriles is 1. The fraction of sp³-hybridized carbons (Fsp3) is 0.417. The van der Waals surface area contributed by atoms with Crippen molar-refractivity contribution >= 4 is 0 Å². The van der Waals surface area contributed by atoms with E-state index >= 15 is 0 Å². The van der Waals surface area contributed by atoms with Crippen molar-refractivity contribution < 1.29 is 13.5 Å². The van der Waals surface area contributed by atoms with Gasteiger partial charge in [-0.05, 0) is 12.5 Å². The predicted molar refractivity (Wildman–Crippen MR) is 56.1 cm³/mol. The topological polar surface area (TPSA) is 33.0 Å². The van der Waals surface area contributed by atoms with Crippen LogP contribution in [0.1, 0.15) is 25.3 Å². The monoisotopic (exact) mass is 225 g/mol. The van der Waals surface area contributed by atoms with Crippen LogP contribution in [0.15, 0.2) is 12.1 Å². The molecule has 0 unspecified atom stereocenters. The molecule has 0 radical (unpaired) electrons. The Morgan fingerprint density at radius 1 is 1.38 bits per heavy atom. The third-order valence-corrected chi connectivity index (χ3v) is 2.14. The summed E-state index contributed by atoms with van der Waals surface area (Å²) in [6.07, 6.45) is 1.54. The van der Waals surface area contributed by atoms with Crippen LogP contribution in [-0.4, -0.2) is 6.61 Å². The molecular formula is C12H13F2NO. The Labute approximate surface area is 93.5 Å². The third-order valence-electron chi connectivity index (χ3n) is 2.14. The molecule has 1 rings (SSSR count). The fourth-order valence-electron chi connectivity index (χ4n) is 1.25. The lowest BCUT2D eigenvalue weighted by Crippen LogP contribution is -2.03. The van der Waals surface area contributed by atoms with Crippen LogP contribution in [0.3, 0.4) is 0 Å². The van der Waals surface area contributed by atoms with Gasteiger partial charge in [-0.1, -0.05) is 19.4 Å². The van der Waals surface area contributed by atoms with Gasteiger partial charge in [-0.15, -0.1) is 0 Å². The number of nitrogens with zero attached hydrogens (tertiary/aromatic N) is 1. The molecule has 86 valence electrons. The molecule has 16 heavy (non-hydrogen) atoms. The van der Waals surface area contributed by atoms with Gasteiger partial charge in [0.1, 0.15) is 0 Å². The van der Waals surface area contributed by atoms with Crippen molar-refractivity contribution in [3.8, 4) is 11.8 Å². The summed E-state index contributed by atoms with van der Waals surface area (Å²) in [4.78, 5) is 0. The van der Waals surface area contributed by atoms with Gasteiger partial charge in [0.05, 0.1) is 19.1 Å². The Hall–Kier alpha value is -1.63. The number of rotatable bonds is 5. The summed E-state index contributed by atoms with van der Waals surface area (Å²) in [6.45, 7) is 2.24. The predicted octanol–water partition coefficient (Wildman–Crippen LogP) is 3.21. The van der Waals surface area contributed by atoms with Crippen LogP contribution in [0.25, 0.3) is 0 Å². The van der Waals surface area contributed by atoms with E-state index in [9.17, 15) is 8.78 Å². The molecule has 0 spiro atoms. The van der Waals surface area contributed by atoms with Gasteiger partial charge in [0.25, 0.3) is 0 Å². The first-order valence-electron chi connectivity index (χ1n) is 5.17. The Bertz CT molecular complexity index is 399. The van der Waals surface area contributed by atoms with Gasteiger partial charge in [0, 0.05) is 5.56 Å². The zero-order valence-corrected chi connectivity index (χ0v) is 9.09. The van der Waals surface area contributed by atoms with E-state index in [2.05, 4.69) is 0 Å². The maximum Gasteiger partial charge on any atom is 0.191 e. The van der Waals surface area contributed by atoms with Crippen LogP contribution in [0, 0.1) is 23.0 Å². The van der Waals surface area contributed by atoms with Gasteiger partial charge in [0.2, 0.25) is 0 Å². The van der Waals surface area contributed by atoms with E-state index in [1.165, 1.54) is 6.07 Å². The average molecular weight is 225 g/mol. The molecule has 0 aromatic heterocycles. The lowest BCUT2D eigenvalue weighted by atomic mass is 10.1. The Kier molecular flexibility index (Phi) is 4.71. The van der Waals surface area contributed by atoms with Gasteiger partial charge in [-0.3, -0.25) is 0 Å². The van der Waals surface area contributed by atoms with Crippen molar-refractivity contribution in [2.75, 3.05) is 6.61 Å². The summed E-state index contributed by atoms with van der Waals surface area (Å²) < 4.78 is 31.9. The highest BCUT2D eigenvalue weighted by Crippen LogP contribution is 2.25. The highest BCUT2D eigenvalue weighted by atomic mass is 19.1. The number of halogens is 2. The number of hydrogen-bond donors (Lipinski definition) is 0. The molecule has 0 atom stereocenters. The minimum Gasteiger partial charge on any atom is -0.488 e. The summed E-state index contributed by atoms with van der Waals surface area (Å²) in [7, 11) is 0. The minimum atomic E-state index is -0.766. The van der Waals surface area contributed by atoms with Gasteiger partial charge in [-0.25, -0.2) is 8.78 Å². The first-order chi connectivity index (χ1) is 7.70. The van der Waals surface area contributed by atoms with Crippen molar-refractivity contribution in [3.05, 3.63) is 29.3 Å². The van der Waals surface area contributed by atoms with Gasteiger partial charge in [-0.2, -0.15) is 5.26 Å². The van der Waals surface area contributed by atoms with Crippen LogP contribution in [0.2, 0.25) is 0 Å². The maximum atomic E-state index is 13.6. The lowest BCUT2D eigenvalue weighted by Gasteiger charge is -2.09. The molecule has 0 aliphatic carbocycles. The summed E-state index contributed by atoms with van der Waals surface area (Å²) in [6, 6.07) is 4.21. The number of benzene rings is 1. The molecule has 0 aliphatic heterocycles. The number of ether oxygens (including phenoxy) is 1. The molecule has 1 aromatic carbocycles. The SMILES string of the molecule is CCCCOc1c(F)ccc(CC#N)c1F. The van der Waals surface area contributed by atoms with Crippen LogP contribution in [0.5, 0.6) is 5.75 Å². The maximum absolute atomic E-state index is 13.6. The van der Waals surface area contributed by atoms with E-state index in [-0.39, 0.29) is 24.3 Å². The van der Waals surface area contributed by atoms with E-state index in [0.29, 0.717) is 0 Å². The fourth-order valence-corrected chi connectivity index (χ4v) is 1.25. The molecule has 2 nitrogen and oxygen atoms in total. The second-order valence-electron chi connectivity index (χ2n) is 3.39. The molecule has 0 saturated carbocycles. The molecule has 0 bridgehead atoms. The molecule has 0 fully saturated rings. The first-order valence-corrected chi connectivity index (χ1v) is 5.17. The zero-order chi connectivity index (χ0) is 12.0. The van der Waals surface area contributed by atoms with E-state index in [4.69, 9.17) is 10.00 Å². The smallest absolute Gasteiger partial charge is 0.191 e. The molecule has 0 amide bonds. The molecule has 0 heterocycles. The molecule has 0 N–H and O–H groups in total. The van der Waals surface area contributed by atoms with Gasteiger partial charge < -0.3 is 4.74 Å². The Morgan fingerprint density at radius 2 is 2.12 bits per heavy atom. The normalized spacial score (nSPS) is 9.88. The number of unbranched alkanes of at least 4 members (excludes halogenated alkanes) is 1. The van der Waals surface area contributed by atoms with E-state index in [0.717, 1.165) is 18.9 Å². The zero-order valence-electron chi connectivity index (χ0n) is 9.09. The van der Waals surface area contributed by atoms with Crippen molar-refractivity contribution in [2.24, 2.45) is 0 Å². The number of hydrogen-bond acceptors (Lipinski definition) is 2. The molecule has 1 aromatic rings. The van der Waals surface area contributed by atoms with Crippen molar-refractivity contribution in [1.29, 1.82) is 5.26 Å². The van der Waals surface area contributed by atoms with Gasteiger partial charge in [0.15, 0.2) is 17.4 Å². The summed E-state index contributed by atoms with van der Waals surface area (Å²) in [5, 5.41) is 8.47. The van der Waals surface area contributed by atoms with Crippen LogP contribution in [-0.2, 0) is 6.42 Å². The van der Waals surface area contributed by atoms with Crippen LogP contribution in [0.4, 0.5) is 8.78 Å². The van der Waals surface area contributed by atoms with Gasteiger partial charge >= 0.3 is 0 Å². The van der Waals surface area contributed by atoms with E-state index in [1.807, 2.05) is 13.0 Å². The minimum absolute atomic E-state index is 0.0871. The summed E-state index contributed by atoms with van der Waals surface area (Å²) in [5.74, 6) is -1.87. The van der Waals surface area contributed by atoms with Crippen LogP contribution >= 0.6 is 0 Å². The third kappa shape index (κ3) is 2.93. The average Bonchev–Trinajstić information content (AvgIpc) is 2.27. The van der Waals surface area contributed by atoms with Crippen LogP contribution < -0.4 is 4.74 Å². The van der Waals surface area contributed by atoms with Crippen molar-refractivity contribution in [1.82, 2.24) is 0 Å². The second-order valence-corrected chi connectivity index (χ2v) is 3.39. The molecule has 0 aliphatic rings. The van der Waals surface area contributed by atoms with E-state index in [1.54, 1.807) is 0 Å². The summed E-state index contributed by atoms with van der Waals surface area (Å²) in [5.41, 5.74) is 0.162. The standard InChI is InChI=1S/C12H13F2NO/c1-2-3-8-16-12-10(13)5-4-9(6-7-15)11(12)14/h4-5H,2-3,6,8H2,1H3. The highest BCUT2D eigenvalue weighted by Gasteiger charge is 2.14. The molecule has 4 heteroatoms. The second kappa shape index (κ2) is 6.06. The Morgan fingerprint density at radius 3 is 2.75 bits per heavy atom. The summed E-state index contributed by atoms with van der Waals surface area (Å²) >= 11 is 0. The Balaban J connectivity index is 2.88. The molecule has 0 saturated heterocycles. The largest absolute Gasteiger partial charge is 0.488 e. The lowest BCUT2D eigenvalue weighted by molar-refractivity contribution is 0.277. The molecular weight excluding hydrogens is 212 g/mol. The highest BCUT2D eigenvalue weighted by molar-refractivity contribution is 5.34. The quantitative estimate of drug-likeness (QED) is 0.721. The van der Waals surface area contributed by atoms with Crippen molar-refractivity contribution in [2.45, 2.75) is 26.2 Å². The van der Waals surface area contributed by atoms with Crippen molar-refractivity contribution in [3.63, 3.8) is 0 Å². The van der Waals surface area contributed by atoms with E-state index < -0.39 is 11.6 Å². The first kappa shape index (κ1) is 12.4.